The molecule has 0 saturated carbocycles. The number of hydrogen-bond acceptors (Lipinski definition) is 3. The van der Waals surface area contributed by atoms with E-state index >= 15 is 0 Å². The molecular weight excluding hydrogens is 308 g/mol. The first-order chi connectivity index (χ1) is 11.1. The van der Waals surface area contributed by atoms with Gasteiger partial charge in [0.05, 0.1) is 0 Å². The van der Waals surface area contributed by atoms with Crippen molar-refractivity contribution in [1.82, 2.24) is 10.2 Å². The summed E-state index contributed by atoms with van der Waals surface area (Å²) < 4.78 is 5.02. The van der Waals surface area contributed by atoms with Crippen LogP contribution in [0.25, 0.3) is 0 Å². The van der Waals surface area contributed by atoms with Gasteiger partial charge in [0.2, 0.25) is 0 Å². The predicted molar refractivity (Wildman–Crippen MR) is 96.9 cm³/mol. The number of aryl methyl sites for hydroxylation is 1. The van der Waals surface area contributed by atoms with E-state index in [0.29, 0.717) is 0 Å². The normalized spacial score (nSPS) is 15.5. The molecule has 23 heavy (non-hydrogen) atoms. The average molecular weight is 334 g/mol. The fraction of sp³-hybridized carbons (Fsp3) is 0.556. The minimum atomic E-state index is 0.116. The lowest BCUT2D eigenvalue weighted by molar-refractivity contribution is 0.0872. The monoisotopic (exact) mass is 334 g/mol. The van der Waals surface area contributed by atoms with Crippen LogP contribution in [0, 0.1) is 12.8 Å². The van der Waals surface area contributed by atoms with Gasteiger partial charge in [0, 0.05) is 44.8 Å². The van der Waals surface area contributed by atoms with Crippen LogP contribution in [0.5, 0.6) is 0 Å². The Morgan fingerprint density at radius 1 is 1.30 bits per heavy atom. The average Bonchev–Trinajstić information content (AvgIpc) is 2.59. The second kappa shape index (κ2) is 8.99. The SMILES string of the molecule is COCCCNC(=S)N1CCC(C(=O)c2ccc(C)cc2)CC1. The number of methoxy groups -OCH3 is 1. The molecule has 1 N–H and O–H groups in total. The summed E-state index contributed by atoms with van der Waals surface area (Å²) in [7, 11) is 1.70. The van der Waals surface area contributed by atoms with Gasteiger partial charge in [0.15, 0.2) is 10.9 Å². The van der Waals surface area contributed by atoms with Gasteiger partial charge in [0.25, 0.3) is 0 Å². The van der Waals surface area contributed by atoms with Crippen molar-refractivity contribution in [3.63, 3.8) is 0 Å². The Hall–Kier alpha value is -1.46. The summed E-state index contributed by atoms with van der Waals surface area (Å²) in [6.45, 7) is 5.29. The van der Waals surface area contributed by atoms with Crippen LogP contribution in [-0.2, 0) is 4.74 Å². The van der Waals surface area contributed by atoms with Crippen molar-refractivity contribution in [2.75, 3.05) is 33.4 Å². The summed E-state index contributed by atoms with van der Waals surface area (Å²) in [5, 5.41) is 4.06. The van der Waals surface area contributed by atoms with Crippen LogP contribution >= 0.6 is 12.2 Å². The highest BCUT2D eigenvalue weighted by Gasteiger charge is 2.26. The van der Waals surface area contributed by atoms with E-state index in [2.05, 4.69) is 10.2 Å². The summed E-state index contributed by atoms with van der Waals surface area (Å²) in [5.74, 6) is 0.383. The number of carbonyl (C=O) groups excluding carboxylic acids is 1. The molecule has 0 aromatic heterocycles. The third-order valence-corrected chi connectivity index (χ3v) is 4.69. The van der Waals surface area contributed by atoms with Crippen LogP contribution in [0.3, 0.4) is 0 Å². The summed E-state index contributed by atoms with van der Waals surface area (Å²) in [6.07, 6.45) is 2.68. The predicted octanol–water partition coefficient (Wildman–Crippen LogP) is 2.80. The number of benzene rings is 1. The Balaban J connectivity index is 1.78. The van der Waals surface area contributed by atoms with Gasteiger partial charge in [0.1, 0.15) is 0 Å². The van der Waals surface area contributed by atoms with Crippen molar-refractivity contribution in [2.45, 2.75) is 26.2 Å². The standard InChI is InChI=1S/C18H26N2O2S/c1-14-4-6-15(7-5-14)17(21)16-8-11-20(12-9-16)18(23)19-10-3-13-22-2/h4-7,16H,3,8-13H2,1-2H3,(H,19,23). The summed E-state index contributed by atoms with van der Waals surface area (Å²) in [4.78, 5) is 14.7. The van der Waals surface area contributed by atoms with Crippen molar-refractivity contribution in [3.8, 4) is 0 Å². The molecule has 1 aromatic carbocycles. The number of rotatable bonds is 6. The fourth-order valence-corrected chi connectivity index (χ4v) is 3.11. The zero-order valence-corrected chi connectivity index (χ0v) is 14.8. The maximum Gasteiger partial charge on any atom is 0.168 e. The third kappa shape index (κ3) is 5.29. The fourth-order valence-electron chi connectivity index (χ4n) is 2.82. The molecule has 0 amide bonds. The smallest absolute Gasteiger partial charge is 0.168 e. The molecule has 0 unspecified atom stereocenters. The Kier molecular flexibility index (Phi) is 6.99. The van der Waals surface area contributed by atoms with Gasteiger partial charge in [-0.2, -0.15) is 0 Å². The Bertz CT molecular complexity index is 522. The van der Waals surface area contributed by atoms with E-state index < -0.39 is 0 Å². The lowest BCUT2D eigenvalue weighted by Crippen LogP contribution is -2.45. The zero-order valence-electron chi connectivity index (χ0n) is 14.0. The second-order valence-corrected chi connectivity index (χ2v) is 6.46. The summed E-state index contributed by atoms with van der Waals surface area (Å²) >= 11 is 5.42. The highest BCUT2D eigenvalue weighted by atomic mass is 32.1. The third-order valence-electron chi connectivity index (χ3n) is 4.29. The highest BCUT2D eigenvalue weighted by molar-refractivity contribution is 7.80. The van der Waals surface area contributed by atoms with E-state index in [1.54, 1.807) is 7.11 Å². The van der Waals surface area contributed by atoms with E-state index in [1.165, 1.54) is 5.56 Å². The van der Waals surface area contributed by atoms with Crippen molar-refractivity contribution in [1.29, 1.82) is 0 Å². The van der Waals surface area contributed by atoms with Gasteiger partial charge in [-0.1, -0.05) is 29.8 Å². The van der Waals surface area contributed by atoms with Gasteiger partial charge >= 0.3 is 0 Å². The number of nitrogens with zero attached hydrogens (tertiary/aromatic N) is 1. The Morgan fingerprint density at radius 3 is 2.57 bits per heavy atom. The summed E-state index contributed by atoms with van der Waals surface area (Å²) in [6, 6.07) is 7.88. The second-order valence-electron chi connectivity index (χ2n) is 6.07. The minimum Gasteiger partial charge on any atom is -0.385 e. The largest absolute Gasteiger partial charge is 0.385 e. The number of carbonyl (C=O) groups is 1. The number of piperidine rings is 1. The van der Waals surface area contributed by atoms with E-state index in [-0.39, 0.29) is 11.7 Å². The van der Waals surface area contributed by atoms with Crippen LogP contribution in [0.4, 0.5) is 0 Å². The molecule has 1 heterocycles. The van der Waals surface area contributed by atoms with E-state index in [0.717, 1.165) is 56.2 Å². The van der Waals surface area contributed by atoms with Crippen LogP contribution in [-0.4, -0.2) is 49.1 Å². The van der Waals surface area contributed by atoms with Gasteiger partial charge in [-0.25, -0.2) is 0 Å². The van der Waals surface area contributed by atoms with Gasteiger partial charge in [-0.3, -0.25) is 4.79 Å². The van der Waals surface area contributed by atoms with Crippen LogP contribution in [0.2, 0.25) is 0 Å². The van der Waals surface area contributed by atoms with E-state index in [4.69, 9.17) is 17.0 Å². The van der Waals surface area contributed by atoms with Gasteiger partial charge in [-0.15, -0.1) is 0 Å². The molecular formula is C18H26N2O2S. The number of ether oxygens (including phenoxy) is 1. The van der Waals surface area contributed by atoms with Crippen molar-refractivity contribution >= 4 is 23.1 Å². The first-order valence-electron chi connectivity index (χ1n) is 8.24. The lowest BCUT2D eigenvalue weighted by Gasteiger charge is -2.33. The lowest BCUT2D eigenvalue weighted by atomic mass is 9.89. The number of hydrogen-bond donors (Lipinski definition) is 1. The first-order valence-corrected chi connectivity index (χ1v) is 8.65. The molecule has 5 heteroatoms. The summed E-state index contributed by atoms with van der Waals surface area (Å²) in [5.41, 5.74) is 2.01. The molecule has 1 aliphatic heterocycles. The number of nitrogens with one attached hydrogen (secondary N) is 1. The molecule has 1 aliphatic rings. The number of ketones is 1. The van der Waals surface area contributed by atoms with Crippen LogP contribution < -0.4 is 5.32 Å². The maximum atomic E-state index is 12.6. The zero-order chi connectivity index (χ0) is 16.7. The van der Waals surface area contributed by atoms with Crippen LogP contribution in [0.1, 0.15) is 35.2 Å². The molecule has 4 nitrogen and oxygen atoms in total. The molecule has 1 aromatic rings. The minimum absolute atomic E-state index is 0.116. The topological polar surface area (TPSA) is 41.6 Å². The molecule has 2 rings (SSSR count). The Morgan fingerprint density at radius 2 is 1.96 bits per heavy atom. The molecule has 1 saturated heterocycles. The molecule has 0 aliphatic carbocycles. The number of likely N-dealkylation sites (tertiary alicyclic amines) is 1. The highest BCUT2D eigenvalue weighted by Crippen LogP contribution is 2.22. The van der Waals surface area contributed by atoms with Crippen molar-refractivity contribution in [3.05, 3.63) is 35.4 Å². The number of thiocarbonyl (C=S) groups is 1. The van der Waals surface area contributed by atoms with Crippen molar-refractivity contribution in [2.24, 2.45) is 5.92 Å². The molecule has 0 radical (unpaired) electrons. The molecule has 0 atom stereocenters. The van der Waals surface area contributed by atoms with Crippen molar-refractivity contribution < 1.29 is 9.53 Å². The molecule has 0 spiro atoms. The van der Waals surface area contributed by atoms with Gasteiger partial charge < -0.3 is 15.0 Å². The maximum absolute atomic E-state index is 12.6. The van der Waals surface area contributed by atoms with E-state index in [9.17, 15) is 4.79 Å². The van der Waals surface area contributed by atoms with Gasteiger partial charge in [-0.05, 0) is 38.4 Å². The molecule has 1 fully saturated rings. The number of Topliss-reactive ketones (excluding diaryl/α,β-unsaturated/α-hetero) is 1. The Labute approximate surface area is 144 Å². The molecule has 126 valence electrons. The first kappa shape index (κ1) is 17.9. The molecule has 0 bridgehead atoms. The van der Waals surface area contributed by atoms with Crippen LogP contribution in [0.15, 0.2) is 24.3 Å². The quantitative estimate of drug-likeness (QED) is 0.492. The van der Waals surface area contributed by atoms with E-state index in [1.807, 2.05) is 31.2 Å².